The molecule has 0 bridgehead atoms. The van der Waals surface area contributed by atoms with E-state index in [4.69, 9.17) is 4.74 Å². The van der Waals surface area contributed by atoms with E-state index in [2.05, 4.69) is 27.3 Å². The summed E-state index contributed by atoms with van der Waals surface area (Å²) < 4.78 is 5.79. The number of esters is 1. The maximum absolute atomic E-state index is 11.5. The summed E-state index contributed by atoms with van der Waals surface area (Å²) in [6.45, 7) is 6.27. The fourth-order valence-electron chi connectivity index (χ4n) is 1.44. The standard InChI is InChI=1S/C13H18BrNO2/c1-9-5-6-10(11(14)7-9)8-15-13(2,3)12(16)17-4/h5-7,15H,8H2,1-4H3. The molecule has 0 aromatic heterocycles. The van der Waals surface area contributed by atoms with Crippen LogP contribution in [0.3, 0.4) is 0 Å². The van der Waals surface area contributed by atoms with Crippen LogP contribution in [0.5, 0.6) is 0 Å². The van der Waals surface area contributed by atoms with Crippen molar-refractivity contribution in [2.75, 3.05) is 7.11 Å². The first-order valence-corrected chi connectivity index (χ1v) is 6.24. The number of aryl methyl sites for hydroxylation is 1. The van der Waals surface area contributed by atoms with Crippen molar-refractivity contribution in [2.45, 2.75) is 32.9 Å². The van der Waals surface area contributed by atoms with Gasteiger partial charge in [0.15, 0.2) is 0 Å². The van der Waals surface area contributed by atoms with Crippen molar-refractivity contribution in [1.29, 1.82) is 0 Å². The Hall–Kier alpha value is -0.870. The van der Waals surface area contributed by atoms with E-state index in [1.165, 1.54) is 12.7 Å². The van der Waals surface area contributed by atoms with Crippen LogP contribution in [-0.2, 0) is 16.1 Å². The minimum Gasteiger partial charge on any atom is -0.468 e. The zero-order chi connectivity index (χ0) is 13.1. The molecule has 0 radical (unpaired) electrons. The molecule has 0 aliphatic carbocycles. The summed E-state index contributed by atoms with van der Waals surface area (Å²) in [6, 6.07) is 6.15. The molecule has 0 aliphatic heterocycles. The molecule has 94 valence electrons. The number of methoxy groups -OCH3 is 1. The van der Waals surface area contributed by atoms with Gasteiger partial charge in [0.25, 0.3) is 0 Å². The van der Waals surface area contributed by atoms with Crippen LogP contribution >= 0.6 is 15.9 Å². The highest BCUT2D eigenvalue weighted by Crippen LogP contribution is 2.19. The Morgan fingerprint density at radius 1 is 1.47 bits per heavy atom. The number of carbonyl (C=O) groups is 1. The summed E-state index contributed by atoms with van der Waals surface area (Å²) in [7, 11) is 1.40. The van der Waals surface area contributed by atoms with E-state index < -0.39 is 5.54 Å². The second-order valence-corrected chi connectivity index (χ2v) is 5.42. The lowest BCUT2D eigenvalue weighted by molar-refractivity contribution is -0.147. The molecule has 1 aromatic carbocycles. The van der Waals surface area contributed by atoms with E-state index in [0.29, 0.717) is 6.54 Å². The monoisotopic (exact) mass is 299 g/mol. The van der Waals surface area contributed by atoms with Gasteiger partial charge in [0.05, 0.1) is 7.11 Å². The number of ether oxygens (including phenoxy) is 1. The predicted molar refractivity (Wildman–Crippen MR) is 71.8 cm³/mol. The Labute approximate surface area is 111 Å². The van der Waals surface area contributed by atoms with Crippen molar-refractivity contribution in [1.82, 2.24) is 5.32 Å². The zero-order valence-corrected chi connectivity index (χ0v) is 12.2. The van der Waals surface area contributed by atoms with Crippen molar-refractivity contribution in [2.24, 2.45) is 0 Å². The molecular weight excluding hydrogens is 282 g/mol. The number of benzene rings is 1. The highest BCUT2D eigenvalue weighted by Gasteiger charge is 2.27. The first-order chi connectivity index (χ1) is 7.86. The van der Waals surface area contributed by atoms with Crippen LogP contribution in [0, 0.1) is 6.92 Å². The van der Waals surface area contributed by atoms with Crippen LogP contribution < -0.4 is 5.32 Å². The van der Waals surface area contributed by atoms with Gasteiger partial charge in [0.2, 0.25) is 0 Å². The van der Waals surface area contributed by atoms with Crippen molar-refractivity contribution in [3.63, 3.8) is 0 Å². The lowest BCUT2D eigenvalue weighted by Crippen LogP contribution is -2.47. The van der Waals surface area contributed by atoms with Gasteiger partial charge in [0, 0.05) is 11.0 Å². The van der Waals surface area contributed by atoms with Gasteiger partial charge in [-0.1, -0.05) is 28.1 Å². The van der Waals surface area contributed by atoms with Gasteiger partial charge >= 0.3 is 5.97 Å². The second kappa shape index (κ2) is 5.65. The normalized spacial score (nSPS) is 11.4. The van der Waals surface area contributed by atoms with Crippen LogP contribution in [0.4, 0.5) is 0 Å². The largest absolute Gasteiger partial charge is 0.468 e. The third kappa shape index (κ3) is 3.82. The summed E-state index contributed by atoms with van der Waals surface area (Å²) in [5.41, 5.74) is 1.64. The topological polar surface area (TPSA) is 38.3 Å². The molecule has 3 nitrogen and oxygen atoms in total. The molecule has 0 amide bonds. The Bertz CT molecular complexity index is 416. The Morgan fingerprint density at radius 3 is 2.65 bits per heavy atom. The molecule has 17 heavy (non-hydrogen) atoms. The molecule has 1 N–H and O–H groups in total. The molecule has 0 saturated heterocycles. The molecular formula is C13H18BrNO2. The number of rotatable bonds is 4. The SMILES string of the molecule is COC(=O)C(C)(C)NCc1ccc(C)cc1Br. The summed E-state index contributed by atoms with van der Waals surface area (Å²) in [6.07, 6.45) is 0. The molecule has 0 unspecified atom stereocenters. The molecule has 0 fully saturated rings. The van der Waals surface area contributed by atoms with Gasteiger partial charge in [0.1, 0.15) is 5.54 Å². The highest BCUT2D eigenvalue weighted by molar-refractivity contribution is 9.10. The Kier molecular flexibility index (Phi) is 4.71. The van der Waals surface area contributed by atoms with Gasteiger partial charge in [-0.15, -0.1) is 0 Å². The van der Waals surface area contributed by atoms with Crippen LogP contribution in [0.2, 0.25) is 0 Å². The lowest BCUT2D eigenvalue weighted by atomic mass is 10.1. The number of hydrogen-bond donors (Lipinski definition) is 1. The summed E-state index contributed by atoms with van der Waals surface area (Å²) in [4.78, 5) is 11.5. The quantitative estimate of drug-likeness (QED) is 0.869. The van der Waals surface area contributed by atoms with Crippen molar-refractivity contribution < 1.29 is 9.53 Å². The zero-order valence-electron chi connectivity index (χ0n) is 10.6. The van der Waals surface area contributed by atoms with E-state index in [0.717, 1.165) is 10.0 Å². The second-order valence-electron chi connectivity index (χ2n) is 4.56. The molecule has 1 aromatic rings. The molecule has 0 saturated carbocycles. The van der Waals surface area contributed by atoms with E-state index in [1.54, 1.807) is 13.8 Å². The molecule has 1 rings (SSSR count). The number of carbonyl (C=O) groups excluding carboxylic acids is 1. The van der Waals surface area contributed by atoms with Crippen LogP contribution in [0.15, 0.2) is 22.7 Å². The molecule has 4 heteroatoms. The van der Waals surface area contributed by atoms with Crippen molar-refractivity contribution in [3.8, 4) is 0 Å². The smallest absolute Gasteiger partial charge is 0.325 e. The molecule has 0 aliphatic rings. The van der Waals surface area contributed by atoms with Crippen molar-refractivity contribution in [3.05, 3.63) is 33.8 Å². The number of nitrogens with one attached hydrogen (secondary N) is 1. The first-order valence-electron chi connectivity index (χ1n) is 5.45. The Balaban J connectivity index is 2.70. The highest BCUT2D eigenvalue weighted by atomic mass is 79.9. The average molecular weight is 300 g/mol. The number of hydrogen-bond acceptors (Lipinski definition) is 3. The summed E-state index contributed by atoms with van der Waals surface area (Å²) in [5, 5.41) is 3.18. The van der Waals surface area contributed by atoms with Gasteiger partial charge in [-0.3, -0.25) is 10.1 Å². The minimum absolute atomic E-state index is 0.263. The van der Waals surface area contributed by atoms with Crippen LogP contribution in [0.25, 0.3) is 0 Å². The van der Waals surface area contributed by atoms with Gasteiger partial charge < -0.3 is 4.74 Å². The fraction of sp³-hybridized carbons (Fsp3) is 0.462. The summed E-state index contributed by atoms with van der Waals surface area (Å²) >= 11 is 3.51. The third-order valence-corrected chi connectivity index (χ3v) is 3.36. The predicted octanol–water partition coefficient (Wildman–Crippen LogP) is 2.80. The van der Waals surface area contributed by atoms with Crippen LogP contribution in [-0.4, -0.2) is 18.6 Å². The van der Waals surface area contributed by atoms with E-state index >= 15 is 0 Å². The van der Waals surface area contributed by atoms with Gasteiger partial charge in [-0.25, -0.2) is 0 Å². The minimum atomic E-state index is -0.681. The third-order valence-electron chi connectivity index (χ3n) is 2.63. The maximum atomic E-state index is 11.5. The average Bonchev–Trinajstić information content (AvgIpc) is 2.26. The van der Waals surface area contributed by atoms with E-state index in [1.807, 2.05) is 19.1 Å². The fourth-order valence-corrected chi connectivity index (χ4v) is 2.07. The Morgan fingerprint density at radius 2 is 2.12 bits per heavy atom. The van der Waals surface area contributed by atoms with E-state index in [9.17, 15) is 4.79 Å². The first kappa shape index (κ1) is 14.2. The van der Waals surface area contributed by atoms with E-state index in [-0.39, 0.29) is 5.97 Å². The number of halogens is 1. The van der Waals surface area contributed by atoms with Crippen molar-refractivity contribution >= 4 is 21.9 Å². The van der Waals surface area contributed by atoms with Gasteiger partial charge in [-0.05, 0) is 38.0 Å². The summed E-state index contributed by atoms with van der Waals surface area (Å²) in [5.74, 6) is -0.263. The van der Waals surface area contributed by atoms with Gasteiger partial charge in [-0.2, -0.15) is 0 Å². The molecule has 0 spiro atoms. The maximum Gasteiger partial charge on any atom is 0.325 e. The molecule has 0 heterocycles. The molecule has 0 atom stereocenters. The lowest BCUT2D eigenvalue weighted by Gasteiger charge is -2.23. The van der Waals surface area contributed by atoms with Crippen LogP contribution in [0.1, 0.15) is 25.0 Å².